The van der Waals surface area contributed by atoms with Gasteiger partial charge in [-0.25, -0.2) is 4.39 Å². The maximum atomic E-state index is 13.1. The van der Waals surface area contributed by atoms with Gasteiger partial charge in [-0.15, -0.1) is 0 Å². The highest BCUT2D eigenvalue weighted by molar-refractivity contribution is 6.05. The Morgan fingerprint density at radius 1 is 1.17 bits per heavy atom. The highest BCUT2D eigenvalue weighted by atomic mass is 19.1. The average molecular weight is 390 g/mol. The number of rotatable bonds is 6. The van der Waals surface area contributed by atoms with Crippen LogP contribution in [0.25, 0.3) is 23.1 Å². The minimum absolute atomic E-state index is 0.243. The highest BCUT2D eigenvalue weighted by Crippen LogP contribution is 2.32. The topological polar surface area (TPSA) is 82.8 Å². The summed E-state index contributed by atoms with van der Waals surface area (Å²) in [5, 5.41) is 10.9. The van der Waals surface area contributed by atoms with Crippen molar-refractivity contribution in [1.29, 1.82) is 0 Å². The fourth-order valence-electron chi connectivity index (χ4n) is 3.12. The molecule has 146 valence electrons. The molecule has 29 heavy (non-hydrogen) atoms. The predicted octanol–water partition coefficient (Wildman–Crippen LogP) is 4.14. The van der Waals surface area contributed by atoms with E-state index in [1.165, 1.54) is 19.2 Å². The molecule has 0 fully saturated rings. The molecule has 0 saturated heterocycles. The van der Waals surface area contributed by atoms with E-state index >= 15 is 0 Å². The van der Waals surface area contributed by atoms with Gasteiger partial charge in [-0.3, -0.25) is 9.89 Å². The Hall–Kier alpha value is -3.87. The number of hydrogen-bond acceptors (Lipinski definition) is 3. The Labute approximate surface area is 166 Å². The van der Waals surface area contributed by atoms with Crippen LogP contribution in [-0.4, -0.2) is 28.2 Å². The minimum atomic E-state index is -0.288. The minimum Gasteiger partial charge on any atom is -0.495 e. The number of nitrogens with one attached hydrogen (secondary N) is 3. The van der Waals surface area contributed by atoms with E-state index in [2.05, 4.69) is 20.5 Å². The van der Waals surface area contributed by atoms with Gasteiger partial charge in [0, 0.05) is 11.9 Å². The van der Waals surface area contributed by atoms with Crippen LogP contribution < -0.4 is 10.1 Å². The van der Waals surface area contributed by atoms with Gasteiger partial charge in [0.2, 0.25) is 0 Å². The van der Waals surface area contributed by atoms with E-state index < -0.39 is 0 Å². The first-order valence-corrected chi connectivity index (χ1v) is 9.05. The number of carbonyl (C=O) groups excluding carboxylic acids is 1. The molecule has 0 spiro atoms. The van der Waals surface area contributed by atoms with Crippen LogP contribution in [0.4, 0.5) is 4.39 Å². The highest BCUT2D eigenvalue weighted by Gasteiger charge is 2.18. The molecule has 2 aromatic heterocycles. The zero-order valence-electron chi connectivity index (χ0n) is 15.7. The summed E-state index contributed by atoms with van der Waals surface area (Å²) in [4.78, 5) is 15.8. The summed E-state index contributed by atoms with van der Waals surface area (Å²) >= 11 is 0. The largest absolute Gasteiger partial charge is 0.495 e. The molecule has 7 heteroatoms. The normalized spacial score (nSPS) is 11.2. The lowest BCUT2D eigenvalue weighted by molar-refractivity contribution is 0.0947. The molecule has 0 unspecified atom stereocenters. The van der Waals surface area contributed by atoms with Gasteiger partial charge in [0.1, 0.15) is 11.6 Å². The zero-order valence-corrected chi connectivity index (χ0v) is 15.7. The number of carbonyl (C=O) groups is 1. The van der Waals surface area contributed by atoms with Crippen LogP contribution in [0.1, 0.15) is 27.3 Å². The van der Waals surface area contributed by atoms with Crippen molar-refractivity contribution in [3.63, 3.8) is 0 Å². The number of methoxy groups -OCH3 is 1. The van der Waals surface area contributed by atoms with Gasteiger partial charge in [-0.05, 0) is 48.0 Å². The fourth-order valence-corrected chi connectivity index (χ4v) is 3.12. The summed E-state index contributed by atoms with van der Waals surface area (Å²) in [5.74, 6) is -0.0870. The summed E-state index contributed by atoms with van der Waals surface area (Å²) in [6.07, 6.45) is 5.43. The number of aromatic nitrogens is 3. The first-order valence-electron chi connectivity index (χ1n) is 9.05. The quantitative estimate of drug-likeness (QED) is 0.463. The van der Waals surface area contributed by atoms with Crippen molar-refractivity contribution >= 4 is 29.0 Å². The van der Waals surface area contributed by atoms with Gasteiger partial charge in [0.25, 0.3) is 5.91 Å². The second-order valence-electron chi connectivity index (χ2n) is 6.44. The summed E-state index contributed by atoms with van der Waals surface area (Å²) < 4.78 is 18.7. The number of halogens is 1. The van der Waals surface area contributed by atoms with Gasteiger partial charge in [-0.1, -0.05) is 18.2 Å². The fraction of sp³-hybridized carbons (Fsp3) is 0.0909. The van der Waals surface area contributed by atoms with E-state index in [9.17, 15) is 9.18 Å². The van der Waals surface area contributed by atoms with Crippen LogP contribution in [-0.2, 0) is 6.54 Å². The van der Waals surface area contributed by atoms with Gasteiger partial charge < -0.3 is 15.0 Å². The van der Waals surface area contributed by atoms with Gasteiger partial charge in [0.15, 0.2) is 0 Å². The Morgan fingerprint density at radius 3 is 2.72 bits per heavy atom. The van der Waals surface area contributed by atoms with Crippen LogP contribution >= 0.6 is 0 Å². The molecule has 4 rings (SSSR count). The summed E-state index contributed by atoms with van der Waals surface area (Å²) in [7, 11) is 1.52. The molecule has 0 saturated carbocycles. The molecular formula is C22H19FN4O2. The Kier molecular flexibility index (Phi) is 5.11. The molecule has 0 aliphatic heterocycles. The predicted molar refractivity (Wildman–Crippen MR) is 110 cm³/mol. The maximum Gasteiger partial charge on any atom is 0.255 e. The van der Waals surface area contributed by atoms with E-state index in [0.717, 1.165) is 16.8 Å². The van der Waals surface area contributed by atoms with E-state index in [4.69, 9.17) is 4.74 Å². The lowest BCUT2D eigenvalue weighted by atomic mass is 10.1. The number of aromatic amines is 2. The van der Waals surface area contributed by atoms with E-state index in [1.54, 1.807) is 36.5 Å². The number of amides is 1. The molecule has 2 heterocycles. The van der Waals surface area contributed by atoms with Crippen molar-refractivity contribution in [2.24, 2.45) is 0 Å². The van der Waals surface area contributed by atoms with Crippen molar-refractivity contribution in [2.75, 3.05) is 7.11 Å². The number of ether oxygens (including phenoxy) is 1. The van der Waals surface area contributed by atoms with Crippen molar-refractivity contribution in [3.8, 4) is 5.75 Å². The van der Waals surface area contributed by atoms with E-state index in [0.29, 0.717) is 28.9 Å². The smallest absolute Gasteiger partial charge is 0.255 e. The van der Waals surface area contributed by atoms with Crippen molar-refractivity contribution < 1.29 is 13.9 Å². The third kappa shape index (κ3) is 3.89. The molecule has 0 atom stereocenters. The summed E-state index contributed by atoms with van der Waals surface area (Å²) in [5.41, 5.74) is 3.54. The van der Waals surface area contributed by atoms with Gasteiger partial charge in [-0.2, -0.15) is 5.10 Å². The molecule has 0 aliphatic carbocycles. The number of fused-ring (bicyclic) bond motifs is 1. The number of benzene rings is 2. The van der Waals surface area contributed by atoms with Gasteiger partial charge >= 0.3 is 0 Å². The number of nitrogens with zero attached hydrogens (tertiary/aromatic N) is 1. The molecule has 2 aromatic carbocycles. The van der Waals surface area contributed by atoms with Crippen molar-refractivity contribution in [1.82, 2.24) is 20.5 Å². The van der Waals surface area contributed by atoms with Crippen LogP contribution in [0.15, 0.2) is 54.7 Å². The molecule has 1 amide bonds. The SMILES string of the molecule is COc1c(C(=O)NCc2ccc[nH]2)ccc2[nH]nc(C=Cc3ccc(F)cc3)c12. The van der Waals surface area contributed by atoms with Crippen LogP contribution in [0.5, 0.6) is 5.75 Å². The molecule has 0 bridgehead atoms. The Morgan fingerprint density at radius 2 is 2.00 bits per heavy atom. The first-order chi connectivity index (χ1) is 14.2. The van der Waals surface area contributed by atoms with E-state index in [-0.39, 0.29) is 11.7 Å². The van der Waals surface area contributed by atoms with Crippen molar-refractivity contribution in [3.05, 3.63) is 83.1 Å². The summed E-state index contributed by atoms with van der Waals surface area (Å²) in [6.45, 7) is 0.385. The molecular weight excluding hydrogens is 371 g/mol. The van der Waals surface area contributed by atoms with E-state index in [1.807, 2.05) is 18.2 Å². The van der Waals surface area contributed by atoms with Crippen molar-refractivity contribution in [2.45, 2.75) is 6.54 Å². The lowest BCUT2D eigenvalue weighted by Gasteiger charge is -2.10. The molecule has 4 aromatic rings. The number of H-pyrrole nitrogens is 2. The Bertz CT molecular complexity index is 1160. The molecule has 0 aliphatic rings. The second kappa shape index (κ2) is 8.02. The second-order valence-corrected chi connectivity index (χ2v) is 6.44. The third-order valence-electron chi connectivity index (χ3n) is 4.56. The van der Waals surface area contributed by atoms with Crippen LogP contribution in [0.2, 0.25) is 0 Å². The third-order valence-corrected chi connectivity index (χ3v) is 4.56. The number of hydrogen-bond donors (Lipinski definition) is 3. The van der Waals surface area contributed by atoms with Crippen LogP contribution in [0, 0.1) is 5.82 Å². The lowest BCUT2D eigenvalue weighted by Crippen LogP contribution is -2.23. The Balaban J connectivity index is 1.65. The molecule has 6 nitrogen and oxygen atoms in total. The van der Waals surface area contributed by atoms with Gasteiger partial charge in [0.05, 0.1) is 35.8 Å². The monoisotopic (exact) mass is 390 g/mol. The average Bonchev–Trinajstić information content (AvgIpc) is 3.40. The molecule has 0 radical (unpaired) electrons. The first kappa shape index (κ1) is 18.5. The van der Waals surface area contributed by atoms with Crippen LogP contribution in [0.3, 0.4) is 0 Å². The standard InChI is InChI=1S/C22H19FN4O2/c1-29-21-17(22(28)25-13-16-3-2-12-24-16)9-11-19-20(21)18(26-27-19)10-6-14-4-7-15(23)8-5-14/h2-12,24H,13H2,1H3,(H,25,28)(H,26,27). The zero-order chi connectivity index (χ0) is 20.2. The summed E-state index contributed by atoms with van der Waals surface area (Å²) in [6, 6.07) is 13.4. The maximum absolute atomic E-state index is 13.1. The molecule has 3 N–H and O–H groups in total.